The fourth-order valence-corrected chi connectivity index (χ4v) is 3.90. The Morgan fingerprint density at radius 3 is 2.47 bits per heavy atom. The fourth-order valence-electron chi connectivity index (χ4n) is 3.90. The third-order valence-corrected chi connectivity index (χ3v) is 5.54. The number of benzene rings is 2. The van der Waals surface area contributed by atoms with Gasteiger partial charge < -0.3 is 14.4 Å². The summed E-state index contributed by atoms with van der Waals surface area (Å²) >= 11 is 0. The average Bonchev–Trinajstić information content (AvgIpc) is 2.79. The number of rotatable bonds is 7. The number of ether oxygens (including phenoxy) is 2. The Morgan fingerprint density at radius 1 is 1.12 bits per heavy atom. The number of carbonyl (C=O) groups is 3. The number of aryl methyl sites for hydroxylation is 1. The third kappa shape index (κ3) is 4.97. The van der Waals surface area contributed by atoms with Crippen molar-refractivity contribution in [1.82, 2.24) is 4.90 Å². The Morgan fingerprint density at radius 2 is 1.84 bits per heavy atom. The molecule has 6 heteroatoms. The van der Waals surface area contributed by atoms with Gasteiger partial charge in [-0.1, -0.05) is 54.6 Å². The van der Waals surface area contributed by atoms with Gasteiger partial charge in [-0.2, -0.15) is 0 Å². The van der Waals surface area contributed by atoms with Crippen molar-refractivity contribution in [2.75, 3.05) is 13.7 Å². The largest absolute Gasteiger partial charge is 0.465 e. The Bertz CT molecular complexity index is 1070. The molecule has 0 N–H and O–H groups in total. The predicted octanol–water partition coefficient (Wildman–Crippen LogP) is 4.30. The van der Waals surface area contributed by atoms with Crippen LogP contribution in [-0.4, -0.2) is 36.5 Å². The second-order valence-electron chi connectivity index (χ2n) is 7.73. The molecule has 0 radical (unpaired) electrons. The summed E-state index contributed by atoms with van der Waals surface area (Å²) in [7, 11) is 1.33. The van der Waals surface area contributed by atoms with E-state index in [0.29, 0.717) is 16.8 Å². The van der Waals surface area contributed by atoms with E-state index in [9.17, 15) is 14.4 Å². The number of esters is 2. The van der Waals surface area contributed by atoms with Crippen LogP contribution < -0.4 is 0 Å². The first-order chi connectivity index (χ1) is 15.3. The minimum Gasteiger partial charge on any atom is -0.465 e. The van der Waals surface area contributed by atoms with Crippen LogP contribution in [-0.2, 0) is 25.6 Å². The Labute approximate surface area is 188 Å². The smallest absolute Gasteiger partial charge is 0.337 e. The standard InChI is InChI=1S/C26H27NO5/c1-5-13-32-26(30)24-18(3)27(16-19-9-11-20(12-10-19)25(29)31-4)23(28)15-22(24)21-8-6-7-17(2)14-21/h5-12,14,22H,1,13,15-16H2,2-4H3. The molecule has 1 amide bonds. The van der Waals surface area contributed by atoms with Gasteiger partial charge in [0.2, 0.25) is 5.91 Å². The molecule has 0 fully saturated rings. The van der Waals surface area contributed by atoms with Crippen LogP contribution in [0, 0.1) is 6.92 Å². The Hall–Kier alpha value is -3.67. The number of nitrogens with zero attached hydrogens (tertiary/aromatic N) is 1. The second kappa shape index (κ2) is 10.1. The van der Waals surface area contributed by atoms with E-state index in [-0.39, 0.29) is 31.4 Å². The minimum atomic E-state index is -0.451. The molecule has 1 aliphatic heterocycles. The quantitative estimate of drug-likeness (QED) is 0.481. The lowest BCUT2D eigenvalue weighted by atomic mass is 9.83. The normalized spacial score (nSPS) is 16.0. The van der Waals surface area contributed by atoms with Crippen molar-refractivity contribution in [3.63, 3.8) is 0 Å². The lowest BCUT2D eigenvalue weighted by molar-refractivity contribution is -0.139. The molecule has 0 bridgehead atoms. The van der Waals surface area contributed by atoms with Crippen LogP contribution in [0.1, 0.15) is 46.3 Å². The molecule has 0 aliphatic carbocycles. The van der Waals surface area contributed by atoms with Crippen molar-refractivity contribution in [1.29, 1.82) is 0 Å². The molecule has 1 unspecified atom stereocenters. The monoisotopic (exact) mass is 433 g/mol. The molecule has 1 heterocycles. The Balaban J connectivity index is 1.97. The first-order valence-corrected chi connectivity index (χ1v) is 10.4. The highest BCUT2D eigenvalue weighted by Crippen LogP contribution is 2.38. The number of allylic oxidation sites excluding steroid dienone is 1. The molecule has 6 nitrogen and oxygen atoms in total. The zero-order valence-electron chi connectivity index (χ0n) is 18.6. The number of methoxy groups -OCH3 is 1. The fraction of sp³-hybridized carbons (Fsp3) is 0.269. The van der Waals surface area contributed by atoms with E-state index in [0.717, 1.165) is 16.7 Å². The molecule has 0 spiro atoms. The molecule has 1 aliphatic rings. The summed E-state index contributed by atoms with van der Waals surface area (Å²) in [5.74, 6) is -1.33. The maximum Gasteiger partial charge on any atom is 0.337 e. The maximum absolute atomic E-state index is 13.1. The maximum atomic E-state index is 13.1. The van der Waals surface area contributed by atoms with E-state index in [1.807, 2.05) is 31.2 Å². The molecule has 2 aromatic rings. The number of carbonyl (C=O) groups excluding carboxylic acids is 3. The highest BCUT2D eigenvalue weighted by atomic mass is 16.5. The predicted molar refractivity (Wildman–Crippen MR) is 121 cm³/mol. The van der Waals surface area contributed by atoms with Crippen LogP contribution in [0.15, 0.2) is 72.5 Å². The zero-order valence-corrected chi connectivity index (χ0v) is 18.6. The van der Waals surface area contributed by atoms with Gasteiger partial charge in [0.25, 0.3) is 0 Å². The van der Waals surface area contributed by atoms with E-state index in [1.54, 1.807) is 36.1 Å². The van der Waals surface area contributed by atoms with Crippen LogP contribution in [0.2, 0.25) is 0 Å². The first-order valence-electron chi connectivity index (χ1n) is 10.4. The Kier molecular flexibility index (Phi) is 7.25. The SMILES string of the molecule is C=CCOC(=O)C1=C(C)N(Cc2ccc(C(=O)OC)cc2)C(=O)CC1c1cccc(C)c1. The van der Waals surface area contributed by atoms with Crippen LogP contribution in [0.25, 0.3) is 0 Å². The van der Waals surface area contributed by atoms with Crippen molar-refractivity contribution < 1.29 is 23.9 Å². The molecule has 2 aromatic carbocycles. The third-order valence-electron chi connectivity index (χ3n) is 5.54. The molecular weight excluding hydrogens is 406 g/mol. The van der Waals surface area contributed by atoms with Crippen molar-refractivity contribution in [2.45, 2.75) is 32.7 Å². The second-order valence-corrected chi connectivity index (χ2v) is 7.73. The first kappa shape index (κ1) is 23.0. The lowest BCUT2D eigenvalue weighted by Crippen LogP contribution is -2.38. The highest BCUT2D eigenvalue weighted by Gasteiger charge is 2.36. The van der Waals surface area contributed by atoms with Crippen molar-refractivity contribution in [3.8, 4) is 0 Å². The van der Waals surface area contributed by atoms with Crippen LogP contribution in [0.3, 0.4) is 0 Å². The summed E-state index contributed by atoms with van der Waals surface area (Å²) in [4.78, 5) is 39.4. The van der Waals surface area contributed by atoms with Crippen molar-refractivity contribution >= 4 is 17.8 Å². The van der Waals surface area contributed by atoms with E-state index in [4.69, 9.17) is 9.47 Å². The van der Waals surface area contributed by atoms with Crippen molar-refractivity contribution in [3.05, 3.63) is 94.7 Å². The van der Waals surface area contributed by atoms with Gasteiger partial charge in [-0.3, -0.25) is 4.79 Å². The molecule has 0 saturated carbocycles. The number of amides is 1. The summed E-state index contributed by atoms with van der Waals surface area (Å²) in [6.07, 6.45) is 1.68. The van der Waals surface area contributed by atoms with Gasteiger partial charge in [0.15, 0.2) is 0 Å². The molecule has 3 rings (SSSR count). The molecule has 0 aromatic heterocycles. The van der Waals surface area contributed by atoms with Gasteiger partial charge in [0.05, 0.1) is 24.8 Å². The van der Waals surface area contributed by atoms with Crippen LogP contribution >= 0.6 is 0 Å². The van der Waals surface area contributed by atoms with Crippen molar-refractivity contribution in [2.24, 2.45) is 0 Å². The topological polar surface area (TPSA) is 72.9 Å². The minimum absolute atomic E-state index is 0.0775. The summed E-state index contributed by atoms with van der Waals surface area (Å²) in [6.45, 7) is 7.73. The highest BCUT2D eigenvalue weighted by molar-refractivity contribution is 5.96. The average molecular weight is 434 g/mol. The van der Waals surface area contributed by atoms with Gasteiger partial charge in [0, 0.05) is 18.0 Å². The lowest BCUT2D eigenvalue weighted by Gasteiger charge is -2.34. The molecule has 166 valence electrons. The van der Waals surface area contributed by atoms with E-state index < -0.39 is 11.9 Å². The molecular formula is C26H27NO5. The number of hydrogen-bond donors (Lipinski definition) is 0. The van der Waals surface area contributed by atoms with Crippen LogP contribution in [0.4, 0.5) is 0 Å². The van der Waals surface area contributed by atoms with E-state index in [2.05, 4.69) is 6.58 Å². The summed E-state index contributed by atoms with van der Waals surface area (Å²) < 4.78 is 10.1. The van der Waals surface area contributed by atoms with Gasteiger partial charge in [-0.15, -0.1) is 0 Å². The van der Waals surface area contributed by atoms with Gasteiger partial charge in [-0.05, 0) is 37.1 Å². The van der Waals surface area contributed by atoms with E-state index in [1.165, 1.54) is 13.2 Å². The van der Waals surface area contributed by atoms with Gasteiger partial charge in [0.1, 0.15) is 6.61 Å². The van der Waals surface area contributed by atoms with Crippen LogP contribution in [0.5, 0.6) is 0 Å². The zero-order chi connectivity index (χ0) is 23.3. The summed E-state index contributed by atoms with van der Waals surface area (Å²) in [5, 5.41) is 0. The van der Waals surface area contributed by atoms with Gasteiger partial charge >= 0.3 is 11.9 Å². The number of hydrogen-bond acceptors (Lipinski definition) is 5. The van der Waals surface area contributed by atoms with E-state index >= 15 is 0 Å². The van der Waals surface area contributed by atoms with Gasteiger partial charge in [-0.25, -0.2) is 9.59 Å². The summed E-state index contributed by atoms with van der Waals surface area (Å²) in [5.41, 5.74) is 4.27. The molecule has 32 heavy (non-hydrogen) atoms. The molecule has 1 atom stereocenters. The molecule has 0 saturated heterocycles. The summed E-state index contributed by atoms with van der Waals surface area (Å²) in [6, 6.07) is 14.7.